The first-order valence-corrected chi connectivity index (χ1v) is 9.63. The highest BCUT2D eigenvalue weighted by molar-refractivity contribution is 7.98. The van der Waals surface area contributed by atoms with Crippen LogP contribution in [0.15, 0.2) is 29.4 Å². The van der Waals surface area contributed by atoms with Gasteiger partial charge in [-0.3, -0.25) is 14.9 Å². The number of aryl methyl sites for hydroxylation is 1. The summed E-state index contributed by atoms with van der Waals surface area (Å²) in [5, 5.41) is 20.2. The molecule has 2 aromatic rings. The lowest BCUT2D eigenvalue weighted by Crippen LogP contribution is -2.32. The number of nitro benzene ring substituents is 1. The molecule has 0 saturated carbocycles. The molecule has 0 spiro atoms. The number of ether oxygens (including phenoxy) is 1. The van der Waals surface area contributed by atoms with Crippen molar-refractivity contribution in [1.82, 2.24) is 9.97 Å². The Hall–Kier alpha value is -2.81. The topological polar surface area (TPSA) is 119 Å². The van der Waals surface area contributed by atoms with Crippen LogP contribution in [-0.4, -0.2) is 39.4 Å². The van der Waals surface area contributed by atoms with Crippen LogP contribution in [0.1, 0.15) is 24.6 Å². The van der Waals surface area contributed by atoms with Crippen molar-refractivity contribution in [1.29, 1.82) is 5.41 Å². The van der Waals surface area contributed by atoms with Crippen molar-refractivity contribution < 1.29 is 14.5 Å². The number of hydrogen-bond donors (Lipinski definition) is 1. The van der Waals surface area contributed by atoms with Gasteiger partial charge in [0.15, 0.2) is 5.16 Å². The van der Waals surface area contributed by atoms with Crippen LogP contribution in [0.25, 0.3) is 11.3 Å². The van der Waals surface area contributed by atoms with Gasteiger partial charge in [-0.2, -0.15) is 0 Å². The average molecular weight is 386 g/mol. The normalized spacial score (nSPS) is 15.9. The number of hydrogen-bond acceptors (Lipinski definition) is 8. The number of thioether (sulfide) groups is 1. The molecule has 1 aromatic carbocycles. The Labute approximate surface area is 160 Å². The second-order valence-corrected chi connectivity index (χ2v) is 6.72. The van der Waals surface area contributed by atoms with Crippen molar-refractivity contribution in [3.05, 3.63) is 45.6 Å². The van der Waals surface area contributed by atoms with Crippen molar-refractivity contribution in [2.24, 2.45) is 5.92 Å². The monoisotopic (exact) mass is 386 g/mol. The van der Waals surface area contributed by atoms with Gasteiger partial charge < -0.3 is 10.1 Å². The van der Waals surface area contributed by atoms with E-state index in [4.69, 9.17) is 10.1 Å². The Kier molecular flexibility index (Phi) is 5.50. The number of carbonyl (C=O) groups excluding carboxylic acids is 1. The molecule has 0 aliphatic heterocycles. The van der Waals surface area contributed by atoms with Crippen LogP contribution >= 0.6 is 11.8 Å². The van der Waals surface area contributed by atoms with Gasteiger partial charge in [0.05, 0.1) is 34.5 Å². The van der Waals surface area contributed by atoms with Gasteiger partial charge in [0.2, 0.25) is 0 Å². The highest BCUT2D eigenvalue weighted by Gasteiger charge is 2.34. The molecule has 8 nitrogen and oxygen atoms in total. The quantitative estimate of drug-likeness (QED) is 0.275. The van der Waals surface area contributed by atoms with Gasteiger partial charge in [-0.1, -0.05) is 23.9 Å². The van der Waals surface area contributed by atoms with Crippen molar-refractivity contribution in [3.8, 4) is 11.3 Å². The minimum Gasteiger partial charge on any atom is -0.465 e. The first-order valence-electron chi connectivity index (χ1n) is 8.41. The molecule has 1 aliphatic carbocycles. The Morgan fingerprint density at radius 2 is 2.22 bits per heavy atom. The van der Waals surface area contributed by atoms with Gasteiger partial charge in [-0.05, 0) is 26.0 Å². The number of carbonyl (C=O) groups is 1. The molecular weight excluding hydrogens is 368 g/mol. The van der Waals surface area contributed by atoms with Gasteiger partial charge in [-0.25, -0.2) is 9.97 Å². The molecule has 27 heavy (non-hydrogen) atoms. The van der Waals surface area contributed by atoms with Crippen LogP contribution in [0.3, 0.4) is 0 Å². The average Bonchev–Trinajstić information content (AvgIpc) is 2.67. The maximum atomic E-state index is 12.2. The summed E-state index contributed by atoms with van der Waals surface area (Å²) < 4.78 is 5.09. The van der Waals surface area contributed by atoms with Gasteiger partial charge in [0.1, 0.15) is 0 Å². The van der Waals surface area contributed by atoms with Crippen LogP contribution < -0.4 is 0 Å². The molecule has 0 saturated heterocycles. The van der Waals surface area contributed by atoms with Crippen LogP contribution in [0.5, 0.6) is 0 Å². The zero-order valence-electron chi connectivity index (χ0n) is 14.9. The summed E-state index contributed by atoms with van der Waals surface area (Å²) in [4.78, 5) is 31.9. The fourth-order valence-corrected chi connectivity index (χ4v) is 3.48. The summed E-state index contributed by atoms with van der Waals surface area (Å²) in [7, 11) is 0. The maximum absolute atomic E-state index is 12.2. The molecule has 1 atom stereocenters. The summed E-state index contributed by atoms with van der Waals surface area (Å²) in [6, 6.07) is 6.12. The molecule has 1 N–H and O–H groups in total. The highest BCUT2D eigenvalue weighted by Crippen LogP contribution is 2.34. The summed E-state index contributed by atoms with van der Waals surface area (Å²) in [6.07, 6.45) is 2.80. The van der Waals surface area contributed by atoms with E-state index < -0.39 is 16.8 Å². The summed E-state index contributed by atoms with van der Waals surface area (Å²) in [5.41, 5.74) is 2.15. The number of esters is 1. The third-order valence-electron chi connectivity index (χ3n) is 4.34. The van der Waals surface area contributed by atoms with Crippen LogP contribution in [0.4, 0.5) is 5.69 Å². The molecule has 0 amide bonds. The van der Waals surface area contributed by atoms with E-state index in [0.29, 0.717) is 40.5 Å². The van der Waals surface area contributed by atoms with E-state index >= 15 is 0 Å². The lowest BCUT2D eigenvalue weighted by molar-refractivity contribution is -0.384. The van der Waals surface area contributed by atoms with E-state index in [-0.39, 0.29) is 18.0 Å². The zero-order valence-corrected chi connectivity index (χ0v) is 15.7. The first kappa shape index (κ1) is 19.0. The first-order chi connectivity index (χ1) is 13.0. The Balaban J connectivity index is 2.15. The van der Waals surface area contributed by atoms with Crippen molar-refractivity contribution >= 4 is 29.1 Å². The molecule has 1 aromatic heterocycles. The molecule has 1 aliphatic rings. The van der Waals surface area contributed by atoms with E-state index in [9.17, 15) is 14.9 Å². The number of non-ortho nitro benzene ring substituents is 1. The number of nitro groups is 1. The van der Waals surface area contributed by atoms with Crippen molar-refractivity contribution in [3.63, 3.8) is 0 Å². The van der Waals surface area contributed by atoms with E-state index in [1.165, 1.54) is 23.9 Å². The molecule has 9 heteroatoms. The predicted molar refractivity (Wildman–Crippen MR) is 101 cm³/mol. The fourth-order valence-electron chi connectivity index (χ4n) is 3.09. The molecule has 0 fully saturated rings. The van der Waals surface area contributed by atoms with Crippen LogP contribution in [-0.2, 0) is 16.0 Å². The van der Waals surface area contributed by atoms with Gasteiger partial charge in [0.25, 0.3) is 5.69 Å². The number of nitrogens with one attached hydrogen (secondary N) is 1. The highest BCUT2D eigenvalue weighted by atomic mass is 32.2. The van der Waals surface area contributed by atoms with Gasteiger partial charge in [0, 0.05) is 23.3 Å². The predicted octanol–water partition coefficient (Wildman–Crippen LogP) is 3.27. The van der Waals surface area contributed by atoms with E-state index in [1.807, 2.05) is 6.26 Å². The molecule has 140 valence electrons. The fraction of sp³-hybridized carbons (Fsp3) is 0.333. The third kappa shape index (κ3) is 3.68. The minimum atomic E-state index is -0.682. The lowest BCUT2D eigenvalue weighted by Gasteiger charge is -2.25. The number of benzene rings is 1. The standard InChI is InChI=1S/C18H18N4O4S/c1-3-26-17(23)12-7-8-13-14(15(12)19)16(21-18(20-13)27-2)10-5-4-6-11(9-10)22(24)25/h4-6,9,12,19H,3,7-8H2,1-2H3. The maximum Gasteiger partial charge on any atom is 0.315 e. The SMILES string of the molecule is CCOC(=O)C1CCc2nc(SC)nc(-c3cccc([N+](=O)[O-])c3)c2C1=N. The third-order valence-corrected chi connectivity index (χ3v) is 4.88. The summed E-state index contributed by atoms with van der Waals surface area (Å²) >= 11 is 1.36. The Bertz CT molecular complexity index is 932. The number of nitrogens with zero attached hydrogens (tertiary/aromatic N) is 3. The van der Waals surface area contributed by atoms with E-state index in [2.05, 4.69) is 9.97 Å². The molecule has 0 bridgehead atoms. The largest absolute Gasteiger partial charge is 0.465 e. The van der Waals surface area contributed by atoms with Crippen molar-refractivity contribution in [2.75, 3.05) is 12.9 Å². The number of aromatic nitrogens is 2. The molecule has 3 rings (SSSR count). The lowest BCUT2D eigenvalue weighted by atomic mass is 9.82. The van der Waals surface area contributed by atoms with Crippen LogP contribution in [0, 0.1) is 21.4 Å². The van der Waals surface area contributed by atoms with Crippen LogP contribution in [0.2, 0.25) is 0 Å². The second-order valence-electron chi connectivity index (χ2n) is 5.95. The molecule has 1 unspecified atom stereocenters. The zero-order chi connectivity index (χ0) is 19.6. The molecule has 0 radical (unpaired) electrons. The summed E-state index contributed by atoms with van der Waals surface area (Å²) in [5.74, 6) is -1.12. The van der Waals surface area contributed by atoms with Crippen molar-refractivity contribution in [2.45, 2.75) is 24.9 Å². The number of rotatable bonds is 5. The van der Waals surface area contributed by atoms with E-state index in [1.54, 1.807) is 19.1 Å². The minimum absolute atomic E-state index is 0.0603. The molecule has 1 heterocycles. The Morgan fingerprint density at radius 1 is 1.44 bits per heavy atom. The Morgan fingerprint density at radius 3 is 2.89 bits per heavy atom. The number of fused-ring (bicyclic) bond motifs is 1. The summed E-state index contributed by atoms with van der Waals surface area (Å²) in [6.45, 7) is 1.97. The smallest absolute Gasteiger partial charge is 0.315 e. The van der Waals surface area contributed by atoms with E-state index in [0.717, 1.165) is 0 Å². The molecular formula is C18H18N4O4S. The van der Waals surface area contributed by atoms with Gasteiger partial charge in [-0.15, -0.1) is 0 Å². The second kappa shape index (κ2) is 7.83. The van der Waals surface area contributed by atoms with Gasteiger partial charge >= 0.3 is 5.97 Å².